The van der Waals surface area contributed by atoms with Crippen LogP contribution in [-0.2, 0) is 4.79 Å². The minimum atomic E-state index is 0.365. The molecule has 0 atom stereocenters. The quantitative estimate of drug-likeness (QED) is 0.491. The van der Waals surface area contributed by atoms with Crippen molar-refractivity contribution >= 4 is 5.91 Å². The van der Waals surface area contributed by atoms with Gasteiger partial charge in [-0.2, -0.15) is 0 Å². The van der Waals surface area contributed by atoms with Crippen LogP contribution in [0.2, 0.25) is 0 Å². The summed E-state index contributed by atoms with van der Waals surface area (Å²) in [5.74, 6) is 0.365. The number of hydrogen-bond donors (Lipinski definition) is 0. The third-order valence-electron chi connectivity index (χ3n) is 3.08. The van der Waals surface area contributed by atoms with E-state index in [1.165, 1.54) is 32.1 Å². The molecule has 0 aliphatic heterocycles. The van der Waals surface area contributed by atoms with Crippen molar-refractivity contribution in [2.75, 3.05) is 13.1 Å². The molecule has 0 spiro atoms. The van der Waals surface area contributed by atoms with E-state index in [9.17, 15) is 4.79 Å². The topological polar surface area (TPSA) is 20.3 Å². The van der Waals surface area contributed by atoms with Gasteiger partial charge in [0.2, 0.25) is 5.91 Å². The Morgan fingerprint density at radius 1 is 0.765 bits per heavy atom. The second kappa shape index (κ2) is 11.9. The smallest absolute Gasteiger partial charge is 0.222 e. The van der Waals surface area contributed by atoms with Crippen molar-refractivity contribution in [1.29, 1.82) is 0 Å². The maximum absolute atomic E-state index is 11.9. The highest BCUT2D eigenvalue weighted by Gasteiger charge is 2.10. The maximum atomic E-state index is 11.9. The van der Waals surface area contributed by atoms with E-state index in [2.05, 4.69) is 20.8 Å². The van der Waals surface area contributed by atoms with Crippen LogP contribution in [-0.4, -0.2) is 23.9 Å². The zero-order valence-electron chi connectivity index (χ0n) is 12.1. The summed E-state index contributed by atoms with van der Waals surface area (Å²) in [6.45, 7) is 8.38. The third-order valence-corrected chi connectivity index (χ3v) is 3.08. The molecule has 0 heterocycles. The van der Waals surface area contributed by atoms with Crippen LogP contribution in [0.3, 0.4) is 0 Å². The van der Waals surface area contributed by atoms with Crippen LogP contribution in [0.5, 0.6) is 0 Å². The Balaban J connectivity index is 3.59. The fourth-order valence-corrected chi connectivity index (χ4v) is 2.12. The molecule has 0 bridgehead atoms. The number of rotatable bonds is 11. The van der Waals surface area contributed by atoms with Gasteiger partial charge in [-0.1, -0.05) is 52.9 Å². The van der Waals surface area contributed by atoms with Crippen molar-refractivity contribution in [2.45, 2.75) is 78.6 Å². The van der Waals surface area contributed by atoms with Gasteiger partial charge in [0.15, 0.2) is 0 Å². The molecule has 0 aromatic rings. The van der Waals surface area contributed by atoms with Crippen LogP contribution < -0.4 is 0 Å². The van der Waals surface area contributed by atoms with Crippen LogP contribution in [0.4, 0.5) is 0 Å². The van der Waals surface area contributed by atoms with Crippen LogP contribution >= 0.6 is 0 Å². The van der Waals surface area contributed by atoms with Gasteiger partial charge in [-0.05, 0) is 19.3 Å². The molecule has 0 rings (SSSR count). The Morgan fingerprint density at radius 2 is 1.29 bits per heavy atom. The highest BCUT2D eigenvalue weighted by Crippen LogP contribution is 2.09. The summed E-state index contributed by atoms with van der Waals surface area (Å²) < 4.78 is 0. The zero-order chi connectivity index (χ0) is 12.9. The van der Waals surface area contributed by atoms with Gasteiger partial charge in [0.25, 0.3) is 0 Å². The van der Waals surface area contributed by atoms with Gasteiger partial charge in [0.1, 0.15) is 0 Å². The molecule has 0 saturated heterocycles. The molecule has 1 amide bonds. The lowest BCUT2D eigenvalue weighted by atomic mass is 10.1. The number of nitrogens with zero attached hydrogens (tertiary/aromatic N) is 1. The Morgan fingerprint density at radius 3 is 1.82 bits per heavy atom. The summed E-state index contributed by atoms with van der Waals surface area (Å²) in [6.07, 6.45) is 10.5. The largest absolute Gasteiger partial charge is 0.343 e. The van der Waals surface area contributed by atoms with Crippen LogP contribution in [0.1, 0.15) is 78.6 Å². The van der Waals surface area contributed by atoms with E-state index in [1.807, 2.05) is 4.90 Å². The lowest BCUT2D eigenvalue weighted by molar-refractivity contribution is -0.131. The van der Waals surface area contributed by atoms with Crippen molar-refractivity contribution in [1.82, 2.24) is 4.90 Å². The molecule has 0 aliphatic carbocycles. The van der Waals surface area contributed by atoms with Gasteiger partial charge < -0.3 is 4.90 Å². The Labute approximate surface area is 108 Å². The van der Waals surface area contributed by atoms with E-state index in [1.54, 1.807) is 0 Å². The van der Waals surface area contributed by atoms with Gasteiger partial charge in [-0.25, -0.2) is 0 Å². The highest BCUT2D eigenvalue weighted by molar-refractivity contribution is 5.76. The SMILES string of the molecule is CCCCCCCCC(=O)N(CCC)CCC. The predicted molar refractivity (Wildman–Crippen MR) is 75.2 cm³/mol. The summed E-state index contributed by atoms with van der Waals surface area (Å²) in [7, 11) is 0. The summed E-state index contributed by atoms with van der Waals surface area (Å²) in [5, 5.41) is 0. The van der Waals surface area contributed by atoms with Gasteiger partial charge in [0, 0.05) is 19.5 Å². The number of amides is 1. The molecule has 0 aromatic heterocycles. The number of hydrogen-bond acceptors (Lipinski definition) is 1. The fourth-order valence-electron chi connectivity index (χ4n) is 2.12. The molecule has 0 aliphatic rings. The van der Waals surface area contributed by atoms with Crippen molar-refractivity contribution in [2.24, 2.45) is 0 Å². The van der Waals surface area contributed by atoms with Crippen LogP contribution in [0.15, 0.2) is 0 Å². The maximum Gasteiger partial charge on any atom is 0.222 e. The second-order valence-electron chi connectivity index (χ2n) is 4.90. The van der Waals surface area contributed by atoms with Gasteiger partial charge in [-0.3, -0.25) is 4.79 Å². The number of carbonyl (C=O) groups is 1. The molecule has 0 N–H and O–H groups in total. The molecule has 0 unspecified atom stereocenters. The van der Waals surface area contributed by atoms with Crippen molar-refractivity contribution in [3.8, 4) is 0 Å². The van der Waals surface area contributed by atoms with E-state index in [-0.39, 0.29) is 0 Å². The summed E-state index contributed by atoms with van der Waals surface area (Å²) in [4.78, 5) is 14.0. The van der Waals surface area contributed by atoms with Gasteiger partial charge >= 0.3 is 0 Å². The van der Waals surface area contributed by atoms with E-state index in [0.717, 1.165) is 38.8 Å². The first-order chi connectivity index (χ1) is 8.26. The first-order valence-corrected chi connectivity index (χ1v) is 7.54. The van der Waals surface area contributed by atoms with E-state index < -0.39 is 0 Å². The molecule has 0 radical (unpaired) electrons. The molecule has 0 saturated carbocycles. The molecule has 17 heavy (non-hydrogen) atoms. The minimum absolute atomic E-state index is 0.365. The monoisotopic (exact) mass is 241 g/mol. The lowest BCUT2D eigenvalue weighted by Gasteiger charge is -2.21. The minimum Gasteiger partial charge on any atom is -0.343 e. The standard InChI is InChI=1S/C15H31NO/c1-4-7-8-9-10-11-12-15(17)16(13-5-2)14-6-3/h4-14H2,1-3H3. The fraction of sp³-hybridized carbons (Fsp3) is 0.933. The first-order valence-electron chi connectivity index (χ1n) is 7.54. The third kappa shape index (κ3) is 9.20. The van der Waals surface area contributed by atoms with Crippen LogP contribution in [0.25, 0.3) is 0 Å². The van der Waals surface area contributed by atoms with Crippen molar-refractivity contribution in [3.05, 3.63) is 0 Å². The van der Waals surface area contributed by atoms with E-state index in [0.29, 0.717) is 5.91 Å². The van der Waals surface area contributed by atoms with Crippen molar-refractivity contribution < 1.29 is 4.79 Å². The molecule has 0 aromatic carbocycles. The number of carbonyl (C=O) groups excluding carboxylic acids is 1. The Bertz CT molecular complexity index is 174. The molecular formula is C15H31NO. The van der Waals surface area contributed by atoms with Gasteiger partial charge in [0.05, 0.1) is 0 Å². The summed E-state index contributed by atoms with van der Waals surface area (Å²) >= 11 is 0. The Kier molecular flexibility index (Phi) is 11.6. The first kappa shape index (κ1) is 16.5. The summed E-state index contributed by atoms with van der Waals surface area (Å²) in [5.41, 5.74) is 0. The molecule has 0 fully saturated rings. The average Bonchev–Trinajstić information content (AvgIpc) is 2.33. The molecular weight excluding hydrogens is 210 g/mol. The van der Waals surface area contributed by atoms with Crippen molar-refractivity contribution in [3.63, 3.8) is 0 Å². The lowest BCUT2D eigenvalue weighted by Crippen LogP contribution is -2.32. The molecule has 102 valence electrons. The Hall–Kier alpha value is -0.530. The van der Waals surface area contributed by atoms with Crippen LogP contribution in [0, 0.1) is 0 Å². The van der Waals surface area contributed by atoms with Gasteiger partial charge in [-0.15, -0.1) is 0 Å². The zero-order valence-corrected chi connectivity index (χ0v) is 12.1. The average molecular weight is 241 g/mol. The predicted octanol–water partition coefficient (Wildman–Crippen LogP) is 4.39. The van der Waals surface area contributed by atoms with E-state index >= 15 is 0 Å². The summed E-state index contributed by atoms with van der Waals surface area (Å²) in [6, 6.07) is 0. The highest BCUT2D eigenvalue weighted by atomic mass is 16.2. The van der Waals surface area contributed by atoms with E-state index in [4.69, 9.17) is 0 Å². The number of unbranched alkanes of at least 4 members (excludes halogenated alkanes) is 5. The molecule has 2 nitrogen and oxygen atoms in total. The second-order valence-corrected chi connectivity index (χ2v) is 4.90. The normalized spacial score (nSPS) is 10.5. The molecule has 2 heteroatoms.